The first kappa shape index (κ1) is 18.1. The molecule has 0 aliphatic heterocycles. The molecule has 0 unspecified atom stereocenters. The molecule has 1 atom stereocenters. The standard InChI is InChI=1S/C17H18N2O6/c1-11(15(20)19-17(22)18-2)24-16(21)14-9-8-13(25-14)10-23-12-6-4-3-5-7-12/h3-9,11H,10H2,1-2H3,(H2,18,19,20,22)/t11-/m0/s1. The molecule has 132 valence electrons. The molecular formula is C17H18N2O6. The van der Waals surface area contributed by atoms with Gasteiger partial charge >= 0.3 is 12.0 Å². The van der Waals surface area contributed by atoms with Gasteiger partial charge in [0.25, 0.3) is 5.91 Å². The molecule has 25 heavy (non-hydrogen) atoms. The molecule has 3 amide bonds. The van der Waals surface area contributed by atoms with Crippen LogP contribution in [-0.4, -0.2) is 31.1 Å². The summed E-state index contributed by atoms with van der Waals surface area (Å²) < 4.78 is 15.8. The number of hydrogen-bond donors (Lipinski definition) is 2. The fourth-order valence-electron chi connectivity index (χ4n) is 1.78. The molecule has 2 rings (SSSR count). The van der Waals surface area contributed by atoms with E-state index in [-0.39, 0.29) is 12.4 Å². The van der Waals surface area contributed by atoms with Gasteiger partial charge in [0.15, 0.2) is 6.10 Å². The predicted molar refractivity (Wildman–Crippen MR) is 87.0 cm³/mol. The van der Waals surface area contributed by atoms with E-state index in [2.05, 4.69) is 5.32 Å². The minimum absolute atomic E-state index is 0.0637. The van der Waals surface area contributed by atoms with E-state index in [9.17, 15) is 14.4 Å². The van der Waals surface area contributed by atoms with Crippen molar-refractivity contribution in [3.63, 3.8) is 0 Å². The van der Waals surface area contributed by atoms with Crippen LogP contribution in [0.4, 0.5) is 4.79 Å². The lowest BCUT2D eigenvalue weighted by Gasteiger charge is -2.11. The van der Waals surface area contributed by atoms with Crippen LogP contribution in [0.2, 0.25) is 0 Å². The second-order valence-electron chi connectivity index (χ2n) is 4.98. The van der Waals surface area contributed by atoms with E-state index in [1.807, 2.05) is 23.5 Å². The summed E-state index contributed by atoms with van der Waals surface area (Å²) in [7, 11) is 1.36. The van der Waals surface area contributed by atoms with Crippen LogP contribution in [0, 0.1) is 0 Å². The number of hydrogen-bond acceptors (Lipinski definition) is 6. The van der Waals surface area contributed by atoms with Crippen molar-refractivity contribution in [2.24, 2.45) is 0 Å². The first-order valence-corrected chi connectivity index (χ1v) is 7.49. The lowest BCUT2D eigenvalue weighted by Crippen LogP contribution is -2.43. The van der Waals surface area contributed by atoms with E-state index in [0.29, 0.717) is 11.5 Å². The van der Waals surface area contributed by atoms with Crippen LogP contribution in [0.1, 0.15) is 23.2 Å². The van der Waals surface area contributed by atoms with Crippen LogP contribution in [0.5, 0.6) is 5.75 Å². The van der Waals surface area contributed by atoms with Gasteiger partial charge < -0.3 is 19.2 Å². The quantitative estimate of drug-likeness (QED) is 0.773. The highest BCUT2D eigenvalue weighted by Gasteiger charge is 2.22. The predicted octanol–water partition coefficient (Wildman–Crippen LogP) is 1.86. The number of furan rings is 1. The lowest BCUT2D eigenvalue weighted by molar-refractivity contribution is -0.128. The molecular weight excluding hydrogens is 328 g/mol. The zero-order valence-corrected chi connectivity index (χ0v) is 13.8. The Morgan fingerprint density at radius 1 is 1.12 bits per heavy atom. The highest BCUT2D eigenvalue weighted by Crippen LogP contribution is 2.15. The number of benzene rings is 1. The van der Waals surface area contributed by atoms with E-state index in [4.69, 9.17) is 13.9 Å². The molecule has 0 saturated carbocycles. The maximum absolute atomic E-state index is 12.0. The van der Waals surface area contributed by atoms with Gasteiger partial charge in [-0.1, -0.05) is 18.2 Å². The number of para-hydroxylation sites is 1. The molecule has 2 aromatic rings. The fourth-order valence-corrected chi connectivity index (χ4v) is 1.78. The van der Waals surface area contributed by atoms with Gasteiger partial charge in [-0.3, -0.25) is 10.1 Å². The second kappa shape index (κ2) is 8.53. The van der Waals surface area contributed by atoms with E-state index < -0.39 is 24.0 Å². The van der Waals surface area contributed by atoms with Crippen molar-refractivity contribution in [3.05, 3.63) is 54.0 Å². The Morgan fingerprint density at radius 2 is 1.84 bits per heavy atom. The van der Waals surface area contributed by atoms with Crippen molar-refractivity contribution in [3.8, 4) is 5.75 Å². The van der Waals surface area contributed by atoms with Gasteiger partial charge in [0.1, 0.15) is 18.1 Å². The number of esters is 1. The second-order valence-corrected chi connectivity index (χ2v) is 4.98. The molecule has 1 heterocycles. The molecule has 0 fully saturated rings. The Hall–Kier alpha value is -3.29. The van der Waals surface area contributed by atoms with Crippen molar-refractivity contribution in [2.45, 2.75) is 19.6 Å². The normalized spacial score (nSPS) is 11.3. The van der Waals surface area contributed by atoms with Crippen LogP contribution in [-0.2, 0) is 16.1 Å². The molecule has 0 aliphatic rings. The van der Waals surface area contributed by atoms with E-state index in [1.165, 1.54) is 20.0 Å². The third-order valence-corrected chi connectivity index (χ3v) is 3.10. The molecule has 8 nitrogen and oxygen atoms in total. The zero-order chi connectivity index (χ0) is 18.2. The average Bonchev–Trinajstić information content (AvgIpc) is 3.09. The first-order chi connectivity index (χ1) is 12.0. The van der Waals surface area contributed by atoms with Crippen LogP contribution in [0.25, 0.3) is 0 Å². The third kappa shape index (κ3) is 5.38. The Balaban J connectivity index is 1.87. The maximum Gasteiger partial charge on any atom is 0.375 e. The largest absolute Gasteiger partial charge is 0.486 e. The SMILES string of the molecule is CNC(=O)NC(=O)[C@H](C)OC(=O)c1ccc(COc2ccccc2)o1. The molecule has 0 aliphatic carbocycles. The number of urea groups is 1. The average molecular weight is 346 g/mol. The van der Waals surface area contributed by atoms with Gasteiger partial charge in [0.2, 0.25) is 5.76 Å². The summed E-state index contributed by atoms with van der Waals surface area (Å²) in [5.74, 6) is -0.524. The Bertz CT molecular complexity index is 741. The summed E-state index contributed by atoms with van der Waals surface area (Å²) in [5.41, 5.74) is 0. The van der Waals surface area contributed by atoms with Crippen molar-refractivity contribution in [1.29, 1.82) is 0 Å². The van der Waals surface area contributed by atoms with Gasteiger partial charge in [-0.25, -0.2) is 9.59 Å². The van der Waals surface area contributed by atoms with Crippen LogP contribution in [0.3, 0.4) is 0 Å². The summed E-state index contributed by atoms with van der Waals surface area (Å²) in [4.78, 5) is 34.7. The zero-order valence-electron chi connectivity index (χ0n) is 13.8. The van der Waals surface area contributed by atoms with Gasteiger partial charge in [0, 0.05) is 7.05 Å². The highest BCUT2D eigenvalue weighted by molar-refractivity contribution is 5.97. The topological polar surface area (TPSA) is 107 Å². The minimum atomic E-state index is -1.15. The number of rotatable bonds is 6. The summed E-state index contributed by atoms with van der Waals surface area (Å²) in [6.07, 6.45) is -1.15. The Morgan fingerprint density at radius 3 is 2.52 bits per heavy atom. The molecule has 1 aromatic carbocycles. The summed E-state index contributed by atoms with van der Waals surface area (Å²) in [6, 6.07) is 11.5. The molecule has 2 N–H and O–H groups in total. The Labute approximate surface area is 144 Å². The van der Waals surface area contributed by atoms with Crippen LogP contribution < -0.4 is 15.4 Å². The van der Waals surface area contributed by atoms with Crippen molar-refractivity contribution >= 4 is 17.9 Å². The van der Waals surface area contributed by atoms with Crippen LogP contribution >= 0.6 is 0 Å². The molecule has 1 aromatic heterocycles. The van der Waals surface area contributed by atoms with Gasteiger partial charge in [-0.2, -0.15) is 0 Å². The molecule has 8 heteroatoms. The number of carbonyl (C=O) groups is 3. The smallest absolute Gasteiger partial charge is 0.375 e. The maximum atomic E-state index is 12.0. The Kier molecular flexibility index (Phi) is 6.16. The van der Waals surface area contributed by atoms with Gasteiger partial charge in [-0.05, 0) is 31.2 Å². The highest BCUT2D eigenvalue weighted by atomic mass is 16.6. The van der Waals surface area contributed by atoms with Gasteiger partial charge in [-0.15, -0.1) is 0 Å². The van der Waals surface area contributed by atoms with Crippen molar-refractivity contribution in [1.82, 2.24) is 10.6 Å². The molecule has 0 spiro atoms. The van der Waals surface area contributed by atoms with Crippen molar-refractivity contribution < 1.29 is 28.3 Å². The molecule has 0 saturated heterocycles. The van der Waals surface area contributed by atoms with E-state index in [0.717, 1.165) is 0 Å². The van der Waals surface area contributed by atoms with Gasteiger partial charge in [0.05, 0.1) is 0 Å². The summed E-state index contributed by atoms with van der Waals surface area (Å²) in [5, 5.41) is 4.24. The molecule has 0 radical (unpaired) electrons. The van der Waals surface area contributed by atoms with Crippen LogP contribution in [0.15, 0.2) is 46.9 Å². The third-order valence-electron chi connectivity index (χ3n) is 3.10. The number of ether oxygens (including phenoxy) is 2. The van der Waals surface area contributed by atoms with Crippen molar-refractivity contribution in [2.75, 3.05) is 7.05 Å². The van der Waals surface area contributed by atoms with E-state index >= 15 is 0 Å². The fraction of sp³-hybridized carbons (Fsp3) is 0.235. The number of amides is 3. The van der Waals surface area contributed by atoms with E-state index in [1.54, 1.807) is 18.2 Å². The summed E-state index contributed by atoms with van der Waals surface area (Å²) in [6.45, 7) is 1.49. The number of nitrogens with one attached hydrogen (secondary N) is 2. The number of imide groups is 1. The summed E-state index contributed by atoms with van der Waals surface area (Å²) >= 11 is 0. The monoisotopic (exact) mass is 346 g/mol. The first-order valence-electron chi connectivity index (χ1n) is 7.49. The lowest BCUT2D eigenvalue weighted by atomic mass is 10.3. The number of carbonyl (C=O) groups excluding carboxylic acids is 3. The molecule has 0 bridgehead atoms. The minimum Gasteiger partial charge on any atom is -0.486 e.